The fraction of sp³-hybridized carbons (Fsp3) is 0.333. The van der Waals surface area contributed by atoms with E-state index < -0.39 is 17.9 Å². The molecule has 0 fully saturated rings. The highest BCUT2D eigenvalue weighted by Gasteiger charge is 2.36. The molecule has 1 amide bonds. The van der Waals surface area contributed by atoms with Crippen molar-refractivity contribution in [3.05, 3.63) is 65.4 Å². The minimum absolute atomic E-state index is 0.158. The molecule has 1 aromatic heterocycles. The number of carbonyl (C=O) groups excluding carboxylic acids is 2. The van der Waals surface area contributed by atoms with E-state index in [1.165, 1.54) is 0 Å². The average Bonchev–Trinajstić information content (AvgIpc) is 3.17. The largest absolute Gasteiger partial charge is 0.497 e. The first-order valence-electron chi connectivity index (χ1n) is 10.4. The Hall–Kier alpha value is -3.32. The highest BCUT2D eigenvalue weighted by molar-refractivity contribution is 6.32. The molecule has 7 nitrogen and oxygen atoms in total. The summed E-state index contributed by atoms with van der Waals surface area (Å²) in [4.78, 5) is 30.0. The second kappa shape index (κ2) is 9.22. The number of nitrogens with one attached hydrogen (secondary N) is 1. The fourth-order valence-electron chi connectivity index (χ4n) is 4.06. The monoisotopic (exact) mass is 422 g/mol. The number of benzene rings is 2. The molecule has 3 aromatic rings. The Kier molecular flexibility index (Phi) is 6.23. The standard InChI is InChI=1S/C24H26N2O5/c1-3-31-24(28)23(27)26-12-11-18-19-13-17(29-2)9-10-20(19)25-22(18)21(26)15-30-14-16-7-5-4-6-8-16/h4-10,13,21,25H,3,11-12,14-15H2,1-2H3. The van der Waals surface area contributed by atoms with Crippen LogP contribution in [0.15, 0.2) is 48.5 Å². The van der Waals surface area contributed by atoms with Gasteiger partial charge in [0.15, 0.2) is 0 Å². The highest BCUT2D eigenvalue weighted by Crippen LogP contribution is 2.36. The molecule has 0 saturated carbocycles. The van der Waals surface area contributed by atoms with E-state index in [4.69, 9.17) is 14.2 Å². The van der Waals surface area contributed by atoms with Gasteiger partial charge in [0.2, 0.25) is 0 Å². The van der Waals surface area contributed by atoms with Crippen LogP contribution >= 0.6 is 0 Å². The fourth-order valence-corrected chi connectivity index (χ4v) is 4.06. The van der Waals surface area contributed by atoms with Gasteiger partial charge in [-0.05, 0) is 42.7 Å². The van der Waals surface area contributed by atoms with Crippen molar-refractivity contribution in [1.82, 2.24) is 9.88 Å². The van der Waals surface area contributed by atoms with Crippen molar-refractivity contribution in [2.45, 2.75) is 26.0 Å². The maximum atomic E-state index is 12.8. The molecule has 4 rings (SSSR count). The van der Waals surface area contributed by atoms with Crippen LogP contribution in [0.5, 0.6) is 5.75 Å². The normalized spacial score (nSPS) is 15.5. The van der Waals surface area contributed by atoms with Gasteiger partial charge < -0.3 is 24.1 Å². The lowest BCUT2D eigenvalue weighted by Gasteiger charge is -2.35. The van der Waals surface area contributed by atoms with Crippen molar-refractivity contribution in [3.63, 3.8) is 0 Å². The lowest BCUT2D eigenvalue weighted by Crippen LogP contribution is -2.45. The Morgan fingerprint density at radius 1 is 1.16 bits per heavy atom. The number of aromatic nitrogens is 1. The number of ether oxygens (including phenoxy) is 3. The van der Waals surface area contributed by atoms with Gasteiger partial charge in [0, 0.05) is 23.1 Å². The summed E-state index contributed by atoms with van der Waals surface area (Å²) in [7, 11) is 1.64. The Labute approximate surface area is 180 Å². The smallest absolute Gasteiger partial charge is 0.397 e. The first-order valence-corrected chi connectivity index (χ1v) is 10.4. The number of nitrogens with zero attached hydrogens (tertiary/aromatic N) is 1. The second-order valence-corrected chi connectivity index (χ2v) is 7.41. The number of aromatic amines is 1. The van der Waals surface area contributed by atoms with Crippen LogP contribution in [0.3, 0.4) is 0 Å². The SMILES string of the molecule is CCOC(=O)C(=O)N1CCc2c([nH]c3ccc(OC)cc23)C1COCc1ccccc1. The third kappa shape index (κ3) is 4.27. The molecular formula is C24H26N2O5. The van der Waals surface area contributed by atoms with Crippen LogP contribution in [0.25, 0.3) is 10.9 Å². The number of H-pyrrole nitrogens is 1. The zero-order valence-corrected chi connectivity index (χ0v) is 17.7. The summed E-state index contributed by atoms with van der Waals surface area (Å²) >= 11 is 0. The lowest BCUT2D eigenvalue weighted by atomic mass is 9.97. The van der Waals surface area contributed by atoms with Gasteiger partial charge in [0.05, 0.1) is 33.0 Å². The number of rotatable bonds is 6. The summed E-state index contributed by atoms with van der Waals surface area (Å²) in [6.45, 7) is 2.93. The first-order chi connectivity index (χ1) is 15.1. The van der Waals surface area contributed by atoms with Gasteiger partial charge in [-0.15, -0.1) is 0 Å². The molecule has 1 aliphatic rings. The molecule has 1 aliphatic heterocycles. The third-order valence-corrected chi connectivity index (χ3v) is 5.56. The van der Waals surface area contributed by atoms with Crippen LogP contribution in [0, 0.1) is 0 Å². The predicted molar refractivity (Wildman–Crippen MR) is 116 cm³/mol. The number of hydrogen-bond donors (Lipinski definition) is 1. The van der Waals surface area contributed by atoms with Gasteiger partial charge >= 0.3 is 11.9 Å². The van der Waals surface area contributed by atoms with Crippen LogP contribution in [0.1, 0.15) is 29.8 Å². The minimum atomic E-state index is -0.836. The molecule has 31 heavy (non-hydrogen) atoms. The van der Waals surface area contributed by atoms with Crippen LogP contribution in [0.4, 0.5) is 0 Å². The Morgan fingerprint density at radius 3 is 2.71 bits per heavy atom. The van der Waals surface area contributed by atoms with E-state index >= 15 is 0 Å². The van der Waals surface area contributed by atoms with Crippen molar-refractivity contribution < 1.29 is 23.8 Å². The van der Waals surface area contributed by atoms with E-state index in [1.807, 2.05) is 48.5 Å². The van der Waals surface area contributed by atoms with E-state index in [9.17, 15) is 9.59 Å². The maximum absolute atomic E-state index is 12.8. The quantitative estimate of drug-likeness (QED) is 0.487. The van der Waals surface area contributed by atoms with E-state index in [2.05, 4.69) is 4.98 Å². The minimum Gasteiger partial charge on any atom is -0.497 e. The number of methoxy groups -OCH3 is 1. The Morgan fingerprint density at radius 2 is 1.97 bits per heavy atom. The molecule has 0 spiro atoms. The number of carbonyl (C=O) groups is 2. The van der Waals surface area contributed by atoms with Gasteiger partial charge in [0.1, 0.15) is 5.75 Å². The van der Waals surface area contributed by atoms with Crippen molar-refractivity contribution in [3.8, 4) is 5.75 Å². The van der Waals surface area contributed by atoms with Gasteiger partial charge in [-0.2, -0.15) is 0 Å². The van der Waals surface area contributed by atoms with E-state index in [0.29, 0.717) is 19.6 Å². The summed E-state index contributed by atoms with van der Waals surface area (Å²) in [6.07, 6.45) is 0.628. The van der Waals surface area contributed by atoms with Gasteiger partial charge in [-0.1, -0.05) is 30.3 Å². The zero-order valence-electron chi connectivity index (χ0n) is 17.7. The summed E-state index contributed by atoms with van der Waals surface area (Å²) < 4.78 is 16.3. The predicted octanol–water partition coefficient (Wildman–Crippen LogP) is 3.38. The molecule has 0 radical (unpaired) electrons. The van der Waals surface area contributed by atoms with Crippen LogP contribution in [-0.2, 0) is 32.1 Å². The highest BCUT2D eigenvalue weighted by atomic mass is 16.5. The molecular weight excluding hydrogens is 396 g/mol. The lowest BCUT2D eigenvalue weighted by molar-refractivity contribution is -0.162. The molecule has 1 N–H and O–H groups in total. The van der Waals surface area contributed by atoms with Crippen molar-refractivity contribution in [2.24, 2.45) is 0 Å². The molecule has 2 heterocycles. The van der Waals surface area contributed by atoms with Crippen molar-refractivity contribution in [1.29, 1.82) is 0 Å². The van der Waals surface area contributed by atoms with E-state index in [1.54, 1.807) is 18.9 Å². The van der Waals surface area contributed by atoms with Gasteiger partial charge in [-0.25, -0.2) is 4.79 Å². The first kappa shape index (κ1) is 20.9. The van der Waals surface area contributed by atoms with Crippen LogP contribution < -0.4 is 4.74 Å². The maximum Gasteiger partial charge on any atom is 0.397 e. The number of fused-ring (bicyclic) bond motifs is 3. The number of esters is 1. The Bertz CT molecular complexity index is 1080. The topological polar surface area (TPSA) is 80.9 Å². The van der Waals surface area contributed by atoms with Gasteiger partial charge in [-0.3, -0.25) is 4.79 Å². The van der Waals surface area contributed by atoms with E-state index in [-0.39, 0.29) is 13.2 Å². The summed E-state index contributed by atoms with van der Waals surface area (Å²) in [5, 5.41) is 1.06. The van der Waals surface area contributed by atoms with E-state index in [0.717, 1.165) is 33.5 Å². The average molecular weight is 422 g/mol. The summed E-state index contributed by atoms with van der Waals surface area (Å²) in [5.41, 5.74) is 4.02. The third-order valence-electron chi connectivity index (χ3n) is 5.56. The summed E-state index contributed by atoms with van der Waals surface area (Å²) in [6, 6.07) is 15.3. The summed E-state index contributed by atoms with van der Waals surface area (Å²) in [5.74, 6) is -0.704. The van der Waals surface area contributed by atoms with Gasteiger partial charge in [0.25, 0.3) is 0 Å². The van der Waals surface area contributed by atoms with Crippen molar-refractivity contribution in [2.75, 3.05) is 26.9 Å². The molecule has 2 aromatic carbocycles. The molecule has 162 valence electrons. The zero-order chi connectivity index (χ0) is 21.8. The Balaban J connectivity index is 1.64. The van der Waals surface area contributed by atoms with Crippen LogP contribution in [-0.4, -0.2) is 48.6 Å². The molecule has 0 saturated heterocycles. The number of hydrogen-bond acceptors (Lipinski definition) is 5. The second-order valence-electron chi connectivity index (χ2n) is 7.41. The molecule has 0 bridgehead atoms. The molecule has 1 atom stereocenters. The van der Waals surface area contributed by atoms with Crippen molar-refractivity contribution >= 4 is 22.8 Å². The molecule has 0 aliphatic carbocycles. The number of amides is 1. The molecule has 1 unspecified atom stereocenters. The van der Waals surface area contributed by atoms with Crippen LogP contribution in [0.2, 0.25) is 0 Å². The molecule has 7 heteroatoms.